The lowest BCUT2D eigenvalue weighted by Crippen LogP contribution is -2.31. The van der Waals surface area contributed by atoms with E-state index in [4.69, 9.17) is 10.8 Å². The van der Waals surface area contributed by atoms with E-state index < -0.39 is 12.3 Å². The smallest absolute Gasteiger partial charge is 0.383 e. The molecule has 0 rings (SSSR count). The minimum Gasteiger partial charge on any atom is -0.383 e. The van der Waals surface area contributed by atoms with Gasteiger partial charge in [-0.15, -0.1) is 0 Å². The lowest BCUT2D eigenvalue weighted by atomic mass is 10.3. The Hall–Kier alpha value is 0.0600. The van der Waals surface area contributed by atoms with Gasteiger partial charge in [0.15, 0.2) is 6.10 Å². The van der Waals surface area contributed by atoms with Gasteiger partial charge in [0.05, 0.1) is 0 Å². The summed E-state index contributed by atoms with van der Waals surface area (Å²) in [5.41, 5.74) is 5.22. The standard InChI is InChI=1S/C7H14F3NOS/c1-5(2-3-11)13-4-6(12)7(8,9)10/h5-6,12H,2-4,11H2,1H3. The second kappa shape index (κ2) is 5.72. The number of alkyl halides is 3. The Kier molecular flexibility index (Phi) is 5.75. The first kappa shape index (κ1) is 13.1. The summed E-state index contributed by atoms with van der Waals surface area (Å²) in [4.78, 5) is 0. The number of aliphatic hydroxyl groups excluding tert-OH is 1. The first-order chi connectivity index (χ1) is 5.88. The Morgan fingerprint density at radius 3 is 2.38 bits per heavy atom. The number of hydrogen-bond donors (Lipinski definition) is 2. The van der Waals surface area contributed by atoms with Gasteiger partial charge in [-0.05, 0) is 13.0 Å². The number of thioether (sulfide) groups is 1. The van der Waals surface area contributed by atoms with Gasteiger partial charge in [-0.3, -0.25) is 0 Å². The third kappa shape index (κ3) is 6.17. The highest BCUT2D eigenvalue weighted by Gasteiger charge is 2.37. The summed E-state index contributed by atoms with van der Waals surface area (Å²) in [6.07, 6.45) is -6.07. The van der Waals surface area contributed by atoms with Crippen molar-refractivity contribution in [3.63, 3.8) is 0 Å². The van der Waals surface area contributed by atoms with Crippen molar-refractivity contribution < 1.29 is 18.3 Å². The lowest BCUT2D eigenvalue weighted by Gasteiger charge is -2.16. The highest BCUT2D eigenvalue weighted by molar-refractivity contribution is 7.99. The van der Waals surface area contributed by atoms with E-state index in [-0.39, 0.29) is 11.0 Å². The molecular formula is C7H14F3NOS. The van der Waals surface area contributed by atoms with Crippen LogP contribution in [0.15, 0.2) is 0 Å². The topological polar surface area (TPSA) is 46.2 Å². The van der Waals surface area contributed by atoms with Crippen LogP contribution in [0.3, 0.4) is 0 Å². The van der Waals surface area contributed by atoms with E-state index in [1.807, 2.05) is 0 Å². The van der Waals surface area contributed by atoms with Crippen molar-refractivity contribution in [1.82, 2.24) is 0 Å². The molecule has 0 aliphatic rings. The van der Waals surface area contributed by atoms with Crippen LogP contribution in [-0.2, 0) is 0 Å². The van der Waals surface area contributed by atoms with E-state index in [0.29, 0.717) is 13.0 Å². The fourth-order valence-corrected chi connectivity index (χ4v) is 1.67. The first-order valence-corrected chi connectivity index (χ1v) is 4.99. The summed E-state index contributed by atoms with van der Waals surface area (Å²) in [6.45, 7) is 2.25. The van der Waals surface area contributed by atoms with E-state index in [0.717, 1.165) is 11.8 Å². The molecule has 0 heterocycles. The molecule has 6 heteroatoms. The minimum absolute atomic E-state index is 0.0574. The Morgan fingerprint density at radius 2 is 2.00 bits per heavy atom. The molecule has 0 aliphatic heterocycles. The van der Waals surface area contributed by atoms with Gasteiger partial charge in [0.1, 0.15) is 0 Å². The zero-order chi connectivity index (χ0) is 10.5. The average Bonchev–Trinajstić information content (AvgIpc) is 1.99. The van der Waals surface area contributed by atoms with Gasteiger partial charge >= 0.3 is 6.18 Å². The van der Waals surface area contributed by atoms with E-state index in [2.05, 4.69) is 0 Å². The Bertz CT molecular complexity index is 142. The molecule has 2 atom stereocenters. The van der Waals surface area contributed by atoms with Crippen molar-refractivity contribution in [3.8, 4) is 0 Å². The molecule has 0 radical (unpaired) electrons. The van der Waals surface area contributed by atoms with Crippen LogP contribution in [0.25, 0.3) is 0 Å². The van der Waals surface area contributed by atoms with E-state index in [9.17, 15) is 13.2 Å². The van der Waals surface area contributed by atoms with E-state index in [1.54, 1.807) is 6.92 Å². The molecule has 0 aromatic heterocycles. The first-order valence-electron chi connectivity index (χ1n) is 3.94. The van der Waals surface area contributed by atoms with Crippen molar-refractivity contribution in [2.24, 2.45) is 5.73 Å². The Labute approximate surface area is 79.7 Å². The summed E-state index contributed by atoms with van der Waals surface area (Å²) >= 11 is 1.09. The molecule has 0 saturated carbocycles. The zero-order valence-corrected chi connectivity index (χ0v) is 8.16. The maximum atomic E-state index is 11.8. The van der Waals surface area contributed by atoms with Crippen LogP contribution >= 0.6 is 11.8 Å². The normalized spacial score (nSPS) is 17.1. The summed E-state index contributed by atoms with van der Waals surface area (Å²) in [5, 5.41) is 8.68. The highest BCUT2D eigenvalue weighted by atomic mass is 32.2. The predicted molar refractivity (Wildman–Crippen MR) is 47.7 cm³/mol. The molecule has 3 N–H and O–H groups in total. The largest absolute Gasteiger partial charge is 0.415 e. The summed E-state index contributed by atoms with van der Waals surface area (Å²) in [6, 6.07) is 0. The zero-order valence-electron chi connectivity index (χ0n) is 7.34. The number of halogens is 3. The molecule has 0 bridgehead atoms. The summed E-state index contributed by atoms with van der Waals surface area (Å²) in [5.74, 6) is -0.315. The molecule has 2 nitrogen and oxygen atoms in total. The van der Waals surface area contributed by atoms with Crippen LogP contribution in [0.2, 0.25) is 0 Å². The Morgan fingerprint density at radius 1 is 1.46 bits per heavy atom. The molecule has 0 spiro atoms. The molecule has 0 saturated heterocycles. The molecule has 80 valence electrons. The molecule has 0 amide bonds. The van der Waals surface area contributed by atoms with Crippen molar-refractivity contribution in [2.45, 2.75) is 30.9 Å². The molecule has 2 unspecified atom stereocenters. The molecule has 0 fully saturated rings. The lowest BCUT2D eigenvalue weighted by molar-refractivity contribution is -0.195. The monoisotopic (exact) mass is 217 g/mol. The van der Waals surface area contributed by atoms with Crippen LogP contribution in [0.4, 0.5) is 13.2 Å². The van der Waals surface area contributed by atoms with Crippen LogP contribution in [0, 0.1) is 0 Å². The summed E-state index contributed by atoms with van der Waals surface area (Å²) in [7, 11) is 0. The number of hydrogen-bond acceptors (Lipinski definition) is 3. The summed E-state index contributed by atoms with van der Waals surface area (Å²) < 4.78 is 35.4. The van der Waals surface area contributed by atoms with Crippen LogP contribution in [-0.4, -0.2) is 34.9 Å². The van der Waals surface area contributed by atoms with Crippen LogP contribution in [0.5, 0.6) is 0 Å². The molecule has 0 aliphatic carbocycles. The quantitative estimate of drug-likeness (QED) is 0.731. The van der Waals surface area contributed by atoms with Crippen LogP contribution < -0.4 is 5.73 Å². The maximum Gasteiger partial charge on any atom is 0.415 e. The third-order valence-corrected chi connectivity index (χ3v) is 2.80. The van der Waals surface area contributed by atoms with Gasteiger partial charge in [0, 0.05) is 11.0 Å². The SMILES string of the molecule is CC(CCN)SCC(O)C(F)(F)F. The predicted octanol–water partition coefficient (Wildman–Crippen LogP) is 1.38. The minimum atomic E-state index is -4.50. The van der Waals surface area contributed by atoms with Crippen molar-refractivity contribution in [2.75, 3.05) is 12.3 Å². The van der Waals surface area contributed by atoms with E-state index in [1.165, 1.54) is 0 Å². The van der Waals surface area contributed by atoms with Gasteiger partial charge < -0.3 is 10.8 Å². The highest BCUT2D eigenvalue weighted by Crippen LogP contribution is 2.25. The number of rotatable bonds is 5. The fraction of sp³-hybridized carbons (Fsp3) is 1.00. The Balaban J connectivity index is 3.63. The van der Waals surface area contributed by atoms with Gasteiger partial charge in [-0.25, -0.2) is 0 Å². The number of aliphatic hydroxyl groups is 1. The maximum absolute atomic E-state index is 11.8. The van der Waals surface area contributed by atoms with Crippen molar-refractivity contribution in [3.05, 3.63) is 0 Å². The second-order valence-electron chi connectivity index (χ2n) is 2.78. The average molecular weight is 217 g/mol. The fourth-order valence-electron chi connectivity index (χ4n) is 0.668. The van der Waals surface area contributed by atoms with Crippen molar-refractivity contribution >= 4 is 11.8 Å². The van der Waals surface area contributed by atoms with Gasteiger partial charge in [0.2, 0.25) is 0 Å². The van der Waals surface area contributed by atoms with Crippen molar-refractivity contribution in [1.29, 1.82) is 0 Å². The third-order valence-electron chi connectivity index (χ3n) is 1.49. The van der Waals surface area contributed by atoms with E-state index >= 15 is 0 Å². The second-order valence-corrected chi connectivity index (χ2v) is 4.25. The molecular weight excluding hydrogens is 203 g/mol. The molecule has 13 heavy (non-hydrogen) atoms. The van der Waals surface area contributed by atoms with Gasteiger partial charge in [-0.2, -0.15) is 24.9 Å². The molecule has 0 aromatic carbocycles. The van der Waals surface area contributed by atoms with Gasteiger partial charge in [0.25, 0.3) is 0 Å². The van der Waals surface area contributed by atoms with Gasteiger partial charge in [-0.1, -0.05) is 6.92 Å². The van der Waals surface area contributed by atoms with Crippen LogP contribution in [0.1, 0.15) is 13.3 Å². The molecule has 0 aromatic rings. The number of nitrogens with two attached hydrogens (primary N) is 1.